The van der Waals surface area contributed by atoms with E-state index in [1.807, 2.05) is 0 Å². The van der Waals surface area contributed by atoms with Crippen LogP contribution in [0.2, 0.25) is 5.15 Å². The molecule has 0 bridgehead atoms. The molecule has 0 radical (unpaired) electrons. The second-order valence-corrected chi connectivity index (χ2v) is 4.45. The number of nitrogens with one attached hydrogen (secondary N) is 1. The lowest BCUT2D eigenvalue weighted by molar-refractivity contribution is 0.387. The Morgan fingerprint density at radius 3 is 2.89 bits per heavy atom. The van der Waals surface area contributed by atoms with Crippen LogP contribution in [0.15, 0.2) is 29.0 Å². The average molecular weight is 333 g/mol. The summed E-state index contributed by atoms with van der Waals surface area (Å²) < 4.78 is 18.7. The second kappa shape index (κ2) is 5.49. The molecule has 0 aliphatic rings. The van der Waals surface area contributed by atoms with Crippen LogP contribution >= 0.6 is 27.5 Å². The van der Waals surface area contributed by atoms with E-state index in [0.717, 1.165) is 0 Å². The van der Waals surface area contributed by atoms with Crippen LogP contribution in [0.25, 0.3) is 0 Å². The molecular formula is C11H8BrClFN3O. The topological polar surface area (TPSA) is 47.0 Å². The number of hydrogen-bond donors (Lipinski definition) is 1. The lowest BCUT2D eigenvalue weighted by atomic mass is 10.3. The predicted molar refractivity (Wildman–Crippen MR) is 71.0 cm³/mol. The van der Waals surface area contributed by atoms with Gasteiger partial charge in [-0.2, -0.15) is 0 Å². The van der Waals surface area contributed by atoms with Crippen molar-refractivity contribution >= 4 is 39.0 Å². The van der Waals surface area contributed by atoms with Crippen molar-refractivity contribution in [3.05, 3.63) is 40.0 Å². The minimum Gasteiger partial charge on any atom is -0.494 e. The van der Waals surface area contributed by atoms with Crippen molar-refractivity contribution in [1.82, 2.24) is 9.97 Å². The summed E-state index contributed by atoms with van der Waals surface area (Å²) in [4.78, 5) is 7.84. The highest BCUT2D eigenvalue weighted by Gasteiger charge is 2.08. The number of anilines is 2. The van der Waals surface area contributed by atoms with Gasteiger partial charge in [0.05, 0.1) is 11.6 Å². The summed E-state index contributed by atoms with van der Waals surface area (Å²) in [5.41, 5.74) is 0.628. The summed E-state index contributed by atoms with van der Waals surface area (Å²) in [6.07, 6.45) is 1.33. The molecule has 1 N–H and O–H groups in total. The number of nitrogens with zero attached hydrogens (tertiary/aromatic N) is 2. The van der Waals surface area contributed by atoms with Gasteiger partial charge in [-0.1, -0.05) is 11.6 Å². The van der Waals surface area contributed by atoms with Gasteiger partial charge in [0.15, 0.2) is 11.6 Å². The van der Waals surface area contributed by atoms with Crippen LogP contribution < -0.4 is 10.1 Å². The Hall–Kier alpha value is -1.40. The van der Waals surface area contributed by atoms with Gasteiger partial charge in [0.25, 0.3) is 0 Å². The Balaban J connectivity index is 2.31. The van der Waals surface area contributed by atoms with Gasteiger partial charge in [-0.15, -0.1) is 0 Å². The smallest absolute Gasteiger partial charge is 0.165 e. The monoisotopic (exact) mass is 331 g/mol. The molecule has 0 aliphatic heterocycles. The minimum absolute atomic E-state index is 0.149. The molecule has 2 rings (SSSR count). The standard InChI is InChI=1S/C11H8BrClFN3O/c1-18-8-4-6(2-3-7(8)14)17-11-9(12)10(13)15-5-16-11/h2-5H,1H3,(H,15,16,17). The maximum atomic E-state index is 13.2. The molecule has 0 amide bonds. The van der Waals surface area contributed by atoms with Gasteiger partial charge in [0, 0.05) is 11.8 Å². The summed E-state index contributed by atoms with van der Waals surface area (Å²) in [7, 11) is 1.40. The molecule has 0 saturated carbocycles. The van der Waals surface area contributed by atoms with E-state index in [1.165, 1.54) is 25.6 Å². The molecule has 0 fully saturated rings. The maximum absolute atomic E-state index is 13.2. The number of ether oxygens (including phenoxy) is 1. The molecule has 7 heteroatoms. The van der Waals surface area contributed by atoms with E-state index in [-0.39, 0.29) is 5.75 Å². The van der Waals surface area contributed by atoms with Crippen molar-refractivity contribution in [2.45, 2.75) is 0 Å². The second-order valence-electron chi connectivity index (χ2n) is 3.30. The first-order valence-corrected chi connectivity index (χ1v) is 6.05. The molecule has 2 aromatic rings. The van der Waals surface area contributed by atoms with Gasteiger partial charge in [-0.25, -0.2) is 14.4 Å². The van der Waals surface area contributed by atoms with Gasteiger partial charge in [0.1, 0.15) is 17.3 Å². The van der Waals surface area contributed by atoms with Gasteiger partial charge >= 0.3 is 0 Å². The molecule has 0 saturated heterocycles. The predicted octanol–water partition coefficient (Wildman–Crippen LogP) is 3.78. The zero-order chi connectivity index (χ0) is 13.1. The summed E-state index contributed by atoms with van der Waals surface area (Å²) in [6, 6.07) is 4.40. The molecule has 0 atom stereocenters. The van der Waals surface area contributed by atoms with Crippen LogP contribution in [-0.2, 0) is 0 Å². The third kappa shape index (κ3) is 2.70. The van der Waals surface area contributed by atoms with E-state index in [9.17, 15) is 4.39 Å². The zero-order valence-electron chi connectivity index (χ0n) is 9.25. The summed E-state index contributed by atoms with van der Waals surface area (Å²) >= 11 is 9.10. The van der Waals surface area contributed by atoms with Crippen molar-refractivity contribution in [2.75, 3.05) is 12.4 Å². The van der Waals surface area contributed by atoms with Crippen LogP contribution in [0.3, 0.4) is 0 Å². The number of aromatic nitrogens is 2. The van der Waals surface area contributed by atoms with Crippen molar-refractivity contribution in [3.63, 3.8) is 0 Å². The molecular weight excluding hydrogens is 324 g/mol. The first-order chi connectivity index (χ1) is 8.61. The third-order valence-corrected chi connectivity index (χ3v) is 3.43. The normalized spacial score (nSPS) is 10.2. The quantitative estimate of drug-likeness (QED) is 0.869. The highest BCUT2D eigenvalue weighted by molar-refractivity contribution is 9.10. The highest BCUT2D eigenvalue weighted by atomic mass is 79.9. The number of hydrogen-bond acceptors (Lipinski definition) is 4. The zero-order valence-corrected chi connectivity index (χ0v) is 11.6. The molecule has 0 spiro atoms. The summed E-state index contributed by atoms with van der Waals surface area (Å²) in [5.74, 6) is 0.211. The first-order valence-electron chi connectivity index (χ1n) is 4.88. The third-order valence-electron chi connectivity index (χ3n) is 2.16. The average Bonchev–Trinajstić information content (AvgIpc) is 2.37. The van der Waals surface area contributed by atoms with Gasteiger partial charge in [0.2, 0.25) is 0 Å². The van der Waals surface area contributed by atoms with Gasteiger partial charge in [-0.3, -0.25) is 0 Å². The van der Waals surface area contributed by atoms with E-state index in [0.29, 0.717) is 21.1 Å². The van der Waals surface area contributed by atoms with Crippen LogP contribution in [0, 0.1) is 5.82 Å². The van der Waals surface area contributed by atoms with Crippen molar-refractivity contribution in [1.29, 1.82) is 0 Å². The van der Waals surface area contributed by atoms with Crippen molar-refractivity contribution in [3.8, 4) is 5.75 Å². The van der Waals surface area contributed by atoms with E-state index in [2.05, 4.69) is 31.2 Å². The Labute approximate surface area is 116 Å². The SMILES string of the molecule is COc1cc(Nc2ncnc(Cl)c2Br)ccc1F. The van der Waals surface area contributed by atoms with Crippen molar-refractivity contribution in [2.24, 2.45) is 0 Å². The van der Waals surface area contributed by atoms with Gasteiger partial charge in [-0.05, 0) is 28.1 Å². The maximum Gasteiger partial charge on any atom is 0.165 e. The molecule has 94 valence electrons. The Kier molecular flexibility index (Phi) is 3.98. The number of rotatable bonds is 3. The van der Waals surface area contributed by atoms with Gasteiger partial charge < -0.3 is 10.1 Å². The van der Waals surface area contributed by atoms with E-state index < -0.39 is 5.82 Å². The molecule has 1 heterocycles. The molecule has 4 nitrogen and oxygen atoms in total. The summed E-state index contributed by atoms with van der Waals surface area (Å²) in [5, 5.41) is 3.28. The number of halogens is 3. The Bertz CT molecular complexity index is 582. The largest absolute Gasteiger partial charge is 0.494 e. The molecule has 1 aromatic heterocycles. The highest BCUT2D eigenvalue weighted by Crippen LogP contribution is 2.30. The lowest BCUT2D eigenvalue weighted by Gasteiger charge is -2.09. The molecule has 0 aliphatic carbocycles. The number of benzene rings is 1. The van der Waals surface area contributed by atoms with Crippen LogP contribution in [0.1, 0.15) is 0 Å². The van der Waals surface area contributed by atoms with Crippen LogP contribution in [-0.4, -0.2) is 17.1 Å². The fourth-order valence-electron chi connectivity index (χ4n) is 1.31. The molecule has 1 aromatic carbocycles. The van der Waals surface area contributed by atoms with Crippen LogP contribution in [0.5, 0.6) is 5.75 Å². The summed E-state index contributed by atoms with van der Waals surface area (Å²) in [6.45, 7) is 0. The Morgan fingerprint density at radius 2 is 2.17 bits per heavy atom. The van der Waals surface area contributed by atoms with E-state index >= 15 is 0 Å². The first kappa shape index (κ1) is 13.0. The van der Waals surface area contributed by atoms with E-state index in [4.69, 9.17) is 16.3 Å². The fraction of sp³-hybridized carbons (Fsp3) is 0.0909. The molecule has 18 heavy (non-hydrogen) atoms. The molecule has 0 unspecified atom stereocenters. The minimum atomic E-state index is -0.428. The number of methoxy groups -OCH3 is 1. The fourth-order valence-corrected chi connectivity index (χ4v) is 1.75. The van der Waals surface area contributed by atoms with Crippen molar-refractivity contribution < 1.29 is 9.13 Å². The lowest BCUT2D eigenvalue weighted by Crippen LogP contribution is -1.97. The van der Waals surface area contributed by atoms with E-state index in [1.54, 1.807) is 6.07 Å². The van der Waals surface area contributed by atoms with Crippen LogP contribution in [0.4, 0.5) is 15.9 Å². The Morgan fingerprint density at radius 1 is 1.39 bits per heavy atom.